The van der Waals surface area contributed by atoms with E-state index in [0.29, 0.717) is 17.9 Å². The Morgan fingerprint density at radius 3 is 2.36 bits per heavy atom. The van der Waals surface area contributed by atoms with Crippen molar-refractivity contribution >= 4 is 11.9 Å². The van der Waals surface area contributed by atoms with Gasteiger partial charge in [-0.1, -0.05) is 45.0 Å². The van der Waals surface area contributed by atoms with Gasteiger partial charge in [-0.25, -0.2) is 4.79 Å². The highest BCUT2D eigenvalue weighted by Gasteiger charge is 2.14. The maximum Gasteiger partial charge on any atom is 0.341 e. The van der Waals surface area contributed by atoms with Gasteiger partial charge in [0.1, 0.15) is 5.75 Å². The van der Waals surface area contributed by atoms with Crippen molar-refractivity contribution in [1.29, 1.82) is 0 Å². The minimum atomic E-state index is -1.03. The fourth-order valence-electron chi connectivity index (χ4n) is 2.30. The molecule has 0 saturated carbocycles. The van der Waals surface area contributed by atoms with E-state index in [0.717, 1.165) is 5.56 Å². The third kappa shape index (κ3) is 5.64. The molecule has 25 heavy (non-hydrogen) atoms. The van der Waals surface area contributed by atoms with Gasteiger partial charge in [0.25, 0.3) is 5.91 Å². The largest absolute Gasteiger partial charge is 0.482 e. The topological polar surface area (TPSA) is 75.6 Å². The van der Waals surface area contributed by atoms with Gasteiger partial charge in [-0.15, -0.1) is 0 Å². The number of aliphatic carboxylic acids is 1. The molecular weight excluding hydrogens is 318 g/mol. The van der Waals surface area contributed by atoms with Crippen LogP contribution in [-0.2, 0) is 16.8 Å². The van der Waals surface area contributed by atoms with Crippen LogP contribution >= 0.6 is 0 Å². The standard InChI is InChI=1S/C20H23NO4/c1-20(2,3)16-9-7-15(8-10-16)19(24)21-12-14-5-4-6-17(11-14)25-13-18(22)23/h4-11H,12-13H2,1-3H3,(H,21,24)(H,22,23). The fourth-order valence-corrected chi connectivity index (χ4v) is 2.30. The molecule has 5 heteroatoms. The van der Waals surface area contributed by atoms with Gasteiger partial charge in [0.15, 0.2) is 6.61 Å². The van der Waals surface area contributed by atoms with Crippen LogP contribution in [0, 0.1) is 0 Å². The van der Waals surface area contributed by atoms with Crippen molar-refractivity contribution in [2.24, 2.45) is 0 Å². The Bertz CT molecular complexity index is 745. The Morgan fingerprint density at radius 1 is 1.08 bits per heavy atom. The first-order valence-corrected chi connectivity index (χ1v) is 8.08. The average molecular weight is 341 g/mol. The summed E-state index contributed by atoms with van der Waals surface area (Å²) in [4.78, 5) is 22.8. The molecule has 0 radical (unpaired) electrons. The van der Waals surface area contributed by atoms with Gasteiger partial charge in [-0.2, -0.15) is 0 Å². The summed E-state index contributed by atoms with van der Waals surface area (Å²) in [5.74, 6) is -0.724. The molecule has 5 nitrogen and oxygen atoms in total. The van der Waals surface area contributed by atoms with Crippen LogP contribution in [0.25, 0.3) is 0 Å². The summed E-state index contributed by atoms with van der Waals surface area (Å²) in [5.41, 5.74) is 2.66. The highest BCUT2D eigenvalue weighted by atomic mass is 16.5. The summed E-state index contributed by atoms with van der Waals surface area (Å²) >= 11 is 0. The number of amides is 1. The molecule has 132 valence electrons. The predicted octanol–water partition coefficient (Wildman–Crippen LogP) is 3.38. The molecule has 0 spiro atoms. The van der Waals surface area contributed by atoms with E-state index in [4.69, 9.17) is 9.84 Å². The monoisotopic (exact) mass is 341 g/mol. The van der Waals surface area contributed by atoms with E-state index >= 15 is 0 Å². The van der Waals surface area contributed by atoms with E-state index in [1.807, 2.05) is 30.3 Å². The lowest BCUT2D eigenvalue weighted by Crippen LogP contribution is -2.23. The lowest BCUT2D eigenvalue weighted by atomic mass is 9.87. The molecule has 0 atom stereocenters. The van der Waals surface area contributed by atoms with Gasteiger partial charge in [0.2, 0.25) is 0 Å². The minimum Gasteiger partial charge on any atom is -0.482 e. The second-order valence-corrected chi connectivity index (χ2v) is 6.84. The van der Waals surface area contributed by atoms with Crippen molar-refractivity contribution in [3.63, 3.8) is 0 Å². The van der Waals surface area contributed by atoms with E-state index in [2.05, 4.69) is 26.1 Å². The molecule has 0 aliphatic heterocycles. The second-order valence-electron chi connectivity index (χ2n) is 6.84. The predicted molar refractivity (Wildman–Crippen MR) is 95.9 cm³/mol. The van der Waals surface area contributed by atoms with Crippen molar-refractivity contribution in [1.82, 2.24) is 5.32 Å². The number of carbonyl (C=O) groups is 2. The third-order valence-corrected chi connectivity index (χ3v) is 3.73. The van der Waals surface area contributed by atoms with Crippen LogP contribution in [0.3, 0.4) is 0 Å². The normalized spacial score (nSPS) is 11.0. The molecule has 0 aliphatic carbocycles. The van der Waals surface area contributed by atoms with E-state index in [1.54, 1.807) is 18.2 Å². The summed E-state index contributed by atoms with van der Waals surface area (Å²) in [6.07, 6.45) is 0. The van der Waals surface area contributed by atoms with Crippen LogP contribution in [0.5, 0.6) is 5.75 Å². The van der Waals surface area contributed by atoms with Crippen LogP contribution in [0.2, 0.25) is 0 Å². The number of rotatable bonds is 6. The van der Waals surface area contributed by atoms with Gasteiger partial charge in [-0.3, -0.25) is 4.79 Å². The Hall–Kier alpha value is -2.82. The molecular formula is C20H23NO4. The first-order valence-electron chi connectivity index (χ1n) is 8.08. The highest BCUT2D eigenvalue weighted by Crippen LogP contribution is 2.22. The maximum atomic E-state index is 12.3. The zero-order chi connectivity index (χ0) is 18.4. The molecule has 2 aromatic rings. The molecule has 2 aromatic carbocycles. The lowest BCUT2D eigenvalue weighted by molar-refractivity contribution is -0.139. The van der Waals surface area contributed by atoms with Gasteiger partial charge in [0, 0.05) is 12.1 Å². The molecule has 0 aliphatic rings. The van der Waals surface area contributed by atoms with Gasteiger partial charge >= 0.3 is 5.97 Å². The van der Waals surface area contributed by atoms with Crippen molar-refractivity contribution in [2.45, 2.75) is 32.7 Å². The highest BCUT2D eigenvalue weighted by molar-refractivity contribution is 5.94. The summed E-state index contributed by atoms with van der Waals surface area (Å²) in [5, 5.41) is 11.5. The number of carboxylic acid groups (broad SMARTS) is 1. The van der Waals surface area contributed by atoms with Crippen LogP contribution in [0.1, 0.15) is 42.3 Å². The number of carboxylic acids is 1. The van der Waals surface area contributed by atoms with Gasteiger partial charge in [0.05, 0.1) is 0 Å². The number of ether oxygens (including phenoxy) is 1. The fraction of sp³-hybridized carbons (Fsp3) is 0.300. The minimum absolute atomic E-state index is 0.0470. The molecule has 1 amide bonds. The molecule has 2 rings (SSSR count). The van der Waals surface area contributed by atoms with Crippen LogP contribution in [0.4, 0.5) is 0 Å². The Labute approximate surface area is 147 Å². The quantitative estimate of drug-likeness (QED) is 0.844. The van der Waals surface area contributed by atoms with Gasteiger partial charge in [-0.05, 0) is 40.8 Å². The Morgan fingerprint density at radius 2 is 1.76 bits per heavy atom. The zero-order valence-electron chi connectivity index (χ0n) is 14.7. The maximum absolute atomic E-state index is 12.3. The van der Waals surface area contributed by atoms with Crippen molar-refractivity contribution < 1.29 is 19.4 Å². The second kappa shape index (κ2) is 7.83. The third-order valence-electron chi connectivity index (χ3n) is 3.73. The van der Waals surface area contributed by atoms with Gasteiger partial charge < -0.3 is 15.2 Å². The SMILES string of the molecule is CC(C)(C)c1ccc(C(=O)NCc2cccc(OCC(=O)O)c2)cc1. The number of hydrogen-bond acceptors (Lipinski definition) is 3. The summed E-state index contributed by atoms with van der Waals surface area (Å²) in [6.45, 7) is 6.32. The zero-order valence-corrected chi connectivity index (χ0v) is 14.7. The van der Waals surface area contributed by atoms with Crippen LogP contribution in [-0.4, -0.2) is 23.6 Å². The first kappa shape index (κ1) is 18.5. The lowest BCUT2D eigenvalue weighted by Gasteiger charge is -2.19. The van der Waals surface area contributed by atoms with Crippen molar-refractivity contribution in [3.8, 4) is 5.75 Å². The molecule has 0 fully saturated rings. The van der Waals surface area contributed by atoms with E-state index in [9.17, 15) is 9.59 Å². The molecule has 0 heterocycles. The average Bonchev–Trinajstić information content (AvgIpc) is 2.57. The Kier molecular flexibility index (Phi) is 5.80. The number of benzene rings is 2. The molecule has 2 N–H and O–H groups in total. The number of carbonyl (C=O) groups excluding carboxylic acids is 1. The molecule has 0 unspecified atom stereocenters. The molecule has 0 bridgehead atoms. The van der Waals surface area contributed by atoms with Crippen molar-refractivity contribution in [3.05, 3.63) is 65.2 Å². The molecule has 0 saturated heterocycles. The molecule has 0 aromatic heterocycles. The van der Waals surface area contributed by atoms with E-state index in [-0.39, 0.29) is 11.3 Å². The number of nitrogens with one attached hydrogen (secondary N) is 1. The van der Waals surface area contributed by atoms with Crippen LogP contribution in [0.15, 0.2) is 48.5 Å². The van der Waals surface area contributed by atoms with E-state index in [1.165, 1.54) is 5.56 Å². The summed E-state index contributed by atoms with van der Waals surface area (Å²) < 4.78 is 5.13. The summed E-state index contributed by atoms with van der Waals surface area (Å²) in [7, 11) is 0. The van der Waals surface area contributed by atoms with E-state index < -0.39 is 12.6 Å². The first-order chi connectivity index (χ1) is 11.8. The van der Waals surface area contributed by atoms with Crippen molar-refractivity contribution in [2.75, 3.05) is 6.61 Å². The van der Waals surface area contributed by atoms with Crippen LogP contribution < -0.4 is 10.1 Å². The number of hydrogen-bond donors (Lipinski definition) is 2. The summed E-state index contributed by atoms with van der Waals surface area (Å²) in [6, 6.07) is 14.6. The Balaban J connectivity index is 1.95. The smallest absolute Gasteiger partial charge is 0.341 e.